The lowest BCUT2D eigenvalue weighted by atomic mass is 9.69. The third-order valence-corrected chi connectivity index (χ3v) is 17.1. The van der Waals surface area contributed by atoms with Crippen molar-refractivity contribution in [3.05, 3.63) is 281 Å². The van der Waals surface area contributed by atoms with Crippen molar-refractivity contribution in [2.45, 2.75) is 118 Å². The van der Waals surface area contributed by atoms with Gasteiger partial charge in [-0.15, -0.1) is 0 Å². The van der Waals surface area contributed by atoms with E-state index in [0.29, 0.717) is 16.7 Å². The minimum absolute atomic E-state index is 0.138. The molecule has 0 aromatic heterocycles. The summed E-state index contributed by atoms with van der Waals surface area (Å²) in [6.07, 6.45) is 15.7. The first-order chi connectivity index (χ1) is 35.1. The van der Waals surface area contributed by atoms with Gasteiger partial charge in [-0.2, -0.15) is 4.57 Å². The number of aliphatic hydroxyl groups is 3. The van der Waals surface area contributed by atoms with Crippen molar-refractivity contribution < 1.29 is 33.5 Å². The minimum atomic E-state index is -5.14. The van der Waals surface area contributed by atoms with E-state index in [1.165, 1.54) is 0 Å². The molecule has 0 saturated heterocycles. The summed E-state index contributed by atoms with van der Waals surface area (Å²) in [6, 6.07) is 35.7. The lowest BCUT2D eigenvalue weighted by Crippen LogP contribution is -2.38. The quantitative estimate of drug-likeness (QED) is 0.105. The van der Waals surface area contributed by atoms with Crippen LogP contribution in [0.5, 0.6) is 0 Å². The Hall–Kier alpha value is -6.73. The van der Waals surface area contributed by atoms with Crippen LogP contribution in [-0.2, 0) is 34.9 Å². The Morgan fingerprint density at radius 1 is 0.338 bits per heavy atom. The van der Waals surface area contributed by atoms with Crippen LogP contribution < -0.4 is 0 Å². The molecule has 6 unspecified atom stereocenters. The average molecular weight is 1010 g/mol. The van der Waals surface area contributed by atoms with E-state index >= 15 is 4.57 Å². The molecule has 0 bridgehead atoms. The van der Waals surface area contributed by atoms with Gasteiger partial charge < -0.3 is 28.9 Å². The molecule has 380 valence electrons. The van der Waals surface area contributed by atoms with Gasteiger partial charge in [-0.25, -0.2) is 0 Å². The SMILES string of the molecule is Cc1cccc(C)c1C1C(OP(=O)(OC2=CC=CC(O)(c3c(C)cccc3C)C2c2c(C)cccc2C)OC2=CC=CC(O)(c3c(C)cccc3C)C2c2c(C)cccc2C)=CC=CC1(O)c1c(C)cccc1C. The Morgan fingerprint density at radius 3 is 0.730 bits per heavy atom. The van der Waals surface area contributed by atoms with Crippen LogP contribution in [0.15, 0.2) is 181 Å². The van der Waals surface area contributed by atoms with E-state index in [0.717, 1.165) is 83.5 Å². The van der Waals surface area contributed by atoms with Crippen LogP contribution in [0.1, 0.15) is 118 Å². The number of hydrogen-bond acceptors (Lipinski definition) is 7. The first-order valence-corrected chi connectivity index (χ1v) is 27.0. The van der Waals surface area contributed by atoms with Gasteiger partial charge in [0.05, 0.1) is 17.8 Å². The second-order valence-electron chi connectivity index (χ2n) is 21.0. The van der Waals surface area contributed by atoms with Crippen LogP contribution in [0.4, 0.5) is 0 Å². The van der Waals surface area contributed by atoms with Gasteiger partial charge in [0.25, 0.3) is 0 Å². The van der Waals surface area contributed by atoms with E-state index in [1.807, 2.05) is 192 Å². The molecule has 0 saturated carbocycles. The summed E-state index contributed by atoms with van der Waals surface area (Å²) in [5.41, 5.74) is 9.86. The topological polar surface area (TPSA) is 105 Å². The summed E-state index contributed by atoms with van der Waals surface area (Å²) in [5, 5.41) is 40.8. The van der Waals surface area contributed by atoms with Crippen molar-refractivity contribution in [1.29, 1.82) is 0 Å². The van der Waals surface area contributed by atoms with Crippen molar-refractivity contribution in [1.82, 2.24) is 0 Å². The Morgan fingerprint density at radius 2 is 0.527 bits per heavy atom. The lowest BCUT2D eigenvalue weighted by Gasteiger charge is -2.43. The summed E-state index contributed by atoms with van der Waals surface area (Å²) in [4.78, 5) is 0. The van der Waals surface area contributed by atoms with Gasteiger partial charge in [0, 0.05) is 0 Å². The maximum absolute atomic E-state index is 17.2. The van der Waals surface area contributed by atoms with Gasteiger partial charge in [-0.05, 0) is 220 Å². The molecule has 6 aromatic carbocycles. The molecule has 6 aromatic rings. The molecular formula is C66H69O7P. The maximum atomic E-state index is 17.2. The standard InChI is InChI=1S/C66H69O7P/c1-40-22-13-23-41(2)55(40)61-52(34-19-37-64(61,67)58-46(7)28-16-29-47(58)8)71-74(70,72-53-35-20-38-65(68,59-48(9)30-17-31-49(59)10)62(53)56-42(3)24-14-25-43(56)4)73-54-36-21-39-66(69,60-50(11)32-18-33-51(60)12)63(54)57-44(5)26-15-27-45(57)6/h13-39,61-63,67-69H,1-12H3. The Labute approximate surface area is 438 Å². The Bertz CT molecular complexity index is 2980. The van der Waals surface area contributed by atoms with Gasteiger partial charge in [-0.3, -0.25) is 0 Å². The highest BCUT2D eigenvalue weighted by Crippen LogP contribution is 2.65. The van der Waals surface area contributed by atoms with Crippen LogP contribution in [0.2, 0.25) is 0 Å². The fourth-order valence-electron chi connectivity index (χ4n) is 12.7. The molecule has 0 amide bonds. The highest BCUT2D eigenvalue weighted by molar-refractivity contribution is 7.48. The first kappa shape index (κ1) is 52.1. The van der Waals surface area contributed by atoms with Gasteiger partial charge in [-0.1, -0.05) is 127 Å². The second kappa shape index (κ2) is 19.8. The highest BCUT2D eigenvalue weighted by atomic mass is 31.2. The predicted molar refractivity (Wildman–Crippen MR) is 298 cm³/mol. The number of hydrogen-bond donors (Lipinski definition) is 3. The molecule has 6 atom stereocenters. The molecule has 0 heterocycles. The highest BCUT2D eigenvalue weighted by Gasteiger charge is 2.54. The number of phosphoric ester groups is 1. The summed E-state index contributed by atoms with van der Waals surface area (Å²) < 4.78 is 38.7. The summed E-state index contributed by atoms with van der Waals surface area (Å²) in [5.74, 6) is -2.47. The largest absolute Gasteiger partial charge is 0.646 e. The van der Waals surface area contributed by atoms with Crippen molar-refractivity contribution >= 4 is 7.82 Å². The van der Waals surface area contributed by atoms with Gasteiger partial charge >= 0.3 is 7.82 Å². The number of rotatable bonds is 12. The van der Waals surface area contributed by atoms with Crippen LogP contribution in [0.25, 0.3) is 0 Å². The average Bonchev–Trinajstić information content (AvgIpc) is 3.31. The molecule has 3 N–H and O–H groups in total. The number of aryl methyl sites for hydroxylation is 12. The van der Waals surface area contributed by atoms with E-state index in [-0.39, 0.29) is 17.3 Å². The molecule has 0 aliphatic heterocycles. The fourth-order valence-corrected chi connectivity index (χ4v) is 14.1. The molecule has 0 spiro atoms. The predicted octanol–water partition coefficient (Wildman–Crippen LogP) is 15.2. The molecule has 9 rings (SSSR count). The number of phosphoric acid groups is 1. The van der Waals surface area contributed by atoms with Crippen molar-refractivity contribution in [3.8, 4) is 0 Å². The van der Waals surface area contributed by atoms with E-state index < -0.39 is 42.4 Å². The van der Waals surface area contributed by atoms with E-state index in [4.69, 9.17) is 13.6 Å². The van der Waals surface area contributed by atoms with E-state index in [2.05, 4.69) is 0 Å². The number of allylic oxidation sites excluding steroid dienone is 6. The summed E-state index contributed by atoms with van der Waals surface area (Å²) >= 11 is 0. The monoisotopic (exact) mass is 1000 g/mol. The first-order valence-electron chi connectivity index (χ1n) is 25.6. The molecule has 74 heavy (non-hydrogen) atoms. The van der Waals surface area contributed by atoms with Gasteiger partial charge in [0.2, 0.25) is 0 Å². The number of benzene rings is 6. The zero-order chi connectivity index (χ0) is 53.1. The van der Waals surface area contributed by atoms with Gasteiger partial charge in [0.1, 0.15) is 34.1 Å². The van der Waals surface area contributed by atoms with Gasteiger partial charge in [0.15, 0.2) is 0 Å². The smallest absolute Gasteiger partial charge is 0.390 e. The van der Waals surface area contributed by atoms with Crippen molar-refractivity contribution in [2.24, 2.45) is 0 Å². The molecule has 3 aliphatic carbocycles. The van der Waals surface area contributed by atoms with Crippen LogP contribution in [0, 0.1) is 83.1 Å². The molecule has 0 fully saturated rings. The minimum Gasteiger partial charge on any atom is -0.390 e. The third-order valence-electron chi connectivity index (χ3n) is 15.8. The molecule has 3 aliphatic rings. The molecule has 7 nitrogen and oxygen atoms in total. The summed E-state index contributed by atoms with van der Waals surface area (Å²) in [6.45, 7) is 23.9. The van der Waals surface area contributed by atoms with E-state index in [9.17, 15) is 15.3 Å². The zero-order valence-electron chi connectivity index (χ0n) is 44.7. The fraction of sp³-hybridized carbons (Fsp3) is 0.273. The van der Waals surface area contributed by atoms with Crippen LogP contribution in [-0.4, -0.2) is 15.3 Å². The molecule has 0 radical (unpaired) electrons. The third kappa shape index (κ3) is 8.98. The molecule has 8 heteroatoms. The normalized spacial score (nSPS) is 24.1. The van der Waals surface area contributed by atoms with Crippen LogP contribution in [0.3, 0.4) is 0 Å². The van der Waals surface area contributed by atoms with Crippen molar-refractivity contribution in [3.63, 3.8) is 0 Å². The summed E-state index contributed by atoms with van der Waals surface area (Å²) in [7, 11) is -5.14. The zero-order valence-corrected chi connectivity index (χ0v) is 45.6. The Kier molecular flexibility index (Phi) is 14.0. The Balaban J connectivity index is 1.30. The molecular weight excluding hydrogens is 936 g/mol. The second-order valence-corrected chi connectivity index (χ2v) is 22.4. The van der Waals surface area contributed by atoms with E-state index in [1.54, 1.807) is 54.7 Å². The van der Waals surface area contributed by atoms with Crippen LogP contribution >= 0.6 is 7.82 Å². The maximum Gasteiger partial charge on any atom is 0.646 e. The lowest BCUT2D eigenvalue weighted by molar-refractivity contribution is 0.0348. The van der Waals surface area contributed by atoms with Crippen molar-refractivity contribution in [2.75, 3.05) is 0 Å².